The first kappa shape index (κ1) is 17.2. The van der Waals surface area contributed by atoms with Gasteiger partial charge in [0.1, 0.15) is 0 Å². The summed E-state index contributed by atoms with van der Waals surface area (Å²) in [4.78, 5) is 24.2. The monoisotopic (exact) mass is 375 g/mol. The van der Waals surface area contributed by atoms with Gasteiger partial charge < -0.3 is 10.1 Å². The van der Waals surface area contributed by atoms with E-state index in [1.807, 2.05) is 24.3 Å². The van der Waals surface area contributed by atoms with Gasteiger partial charge in [0.05, 0.1) is 5.56 Å². The molecule has 0 saturated heterocycles. The van der Waals surface area contributed by atoms with Gasteiger partial charge in [0.25, 0.3) is 5.91 Å². The fraction of sp³-hybridized carbons (Fsp3) is 0.222. The average Bonchev–Trinajstić information content (AvgIpc) is 2.55. The van der Waals surface area contributed by atoms with E-state index in [1.54, 1.807) is 31.2 Å². The van der Waals surface area contributed by atoms with Gasteiger partial charge >= 0.3 is 5.97 Å². The minimum atomic E-state index is -0.888. The summed E-state index contributed by atoms with van der Waals surface area (Å²) in [6, 6.07) is 14.5. The van der Waals surface area contributed by atoms with Gasteiger partial charge in [-0.1, -0.05) is 31.2 Å². The van der Waals surface area contributed by atoms with E-state index < -0.39 is 12.1 Å². The summed E-state index contributed by atoms with van der Waals surface area (Å²) in [5.74, 6) is -0.906. The van der Waals surface area contributed by atoms with Crippen molar-refractivity contribution < 1.29 is 14.3 Å². The second-order valence-corrected chi connectivity index (χ2v) is 5.92. The first-order valence-electron chi connectivity index (χ1n) is 7.36. The molecule has 0 aliphatic carbocycles. The summed E-state index contributed by atoms with van der Waals surface area (Å²) in [5, 5.41) is 2.74. The minimum Gasteiger partial charge on any atom is -0.449 e. The van der Waals surface area contributed by atoms with Crippen molar-refractivity contribution in [2.45, 2.75) is 26.4 Å². The van der Waals surface area contributed by atoms with Crippen LogP contribution in [0.15, 0.2) is 53.0 Å². The van der Waals surface area contributed by atoms with E-state index in [0.717, 1.165) is 6.42 Å². The van der Waals surface area contributed by atoms with Gasteiger partial charge in [0, 0.05) is 10.2 Å². The molecule has 0 spiro atoms. The Morgan fingerprint density at radius 3 is 2.39 bits per heavy atom. The molecule has 2 aromatic rings. The third-order valence-corrected chi connectivity index (χ3v) is 4.07. The van der Waals surface area contributed by atoms with Crippen LogP contribution in [0.1, 0.15) is 29.8 Å². The number of hydrogen-bond acceptors (Lipinski definition) is 3. The Kier molecular flexibility index (Phi) is 5.93. The first-order chi connectivity index (χ1) is 11.0. The van der Waals surface area contributed by atoms with E-state index in [1.165, 1.54) is 5.56 Å². The van der Waals surface area contributed by atoms with E-state index in [4.69, 9.17) is 4.74 Å². The Balaban J connectivity index is 1.96. The molecule has 0 saturated carbocycles. The molecule has 0 heterocycles. The van der Waals surface area contributed by atoms with E-state index in [0.29, 0.717) is 15.7 Å². The number of ether oxygens (including phenoxy) is 1. The van der Waals surface area contributed by atoms with Gasteiger partial charge in [-0.2, -0.15) is 0 Å². The number of carbonyl (C=O) groups is 2. The molecule has 0 radical (unpaired) electrons. The summed E-state index contributed by atoms with van der Waals surface area (Å²) >= 11 is 3.29. The van der Waals surface area contributed by atoms with Crippen molar-refractivity contribution in [2.75, 3.05) is 5.32 Å². The predicted molar refractivity (Wildman–Crippen MR) is 93.5 cm³/mol. The maximum atomic E-state index is 12.1. The highest BCUT2D eigenvalue weighted by atomic mass is 79.9. The molecule has 0 fully saturated rings. The molecule has 4 nitrogen and oxygen atoms in total. The smallest absolute Gasteiger partial charge is 0.340 e. The maximum Gasteiger partial charge on any atom is 0.340 e. The van der Waals surface area contributed by atoms with Crippen molar-refractivity contribution in [1.82, 2.24) is 0 Å². The Morgan fingerprint density at radius 2 is 1.78 bits per heavy atom. The Hall–Kier alpha value is -2.14. The van der Waals surface area contributed by atoms with Crippen LogP contribution in [0.5, 0.6) is 0 Å². The molecule has 23 heavy (non-hydrogen) atoms. The number of hydrogen-bond donors (Lipinski definition) is 1. The number of amides is 1. The van der Waals surface area contributed by atoms with Crippen LogP contribution in [0.4, 0.5) is 5.69 Å². The van der Waals surface area contributed by atoms with Crippen LogP contribution in [0.2, 0.25) is 0 Å². The van der Waals surface area contributed by atoms with Gasteiger partial charge in [-0.05, 0) is 59.1 Å². The molecule has 2 aromatic carbocycles. The zero-order valence-electron chi connectivity index (χ0n) is 13.0. The van der Waals surface area contributed by atoms with Crippen LogP contribution in [0.3, 0.4) is 0 Å². The molecule has 1 atom stereocenters. The van der Waals surface area contributed by atoms with Crippen LogP contribution in [0, 0.1) is 0 Å². The van der Waals surface area contributed by atoms with Crippen LogP contribution in [-0.4, -0.2) is 18.0 Å². The van der Waals surface area contributed by atoms with E-state index >= 15 is 0 Å². The van der Waals surface area contributed by atoms with Gasteiger partial charge in [0.2, 0.25) is 0 Å². The normalized spacial score (nSPS) is 11.6. The Labute approximate surface area is 144 Å². The van der Waals surface area contributed by atoms with Crippen molar-refractivity contribution in [3.8, 4) is 0 Å². The lowest BCUT2D eigenvalue weighted by Crippen LogP contribution is -2.30. The van der Waals surface area contributed by atoms with Crippen LogP contribution in [0.25, 0.3) is 0 Å². The van der Waals surface area contributed by atoms with Crippen molar-refractivity contribution in [1.29, 1.82) is 0 Å². The first-order valence-corrected chi connectivity index (χ1v) is 8.16. The van der Waals surface area contributed by atoms with E-state index in [-0.39, 0.29) is 5.91 Å². The second kappa shape index (κ2) is 7.92. The third kappa shape index (κ3) is 4.66. The number of aryl methyl sites for hydroxylation is 1. The van der Waals surface area contributed by atoms with Crippen molar-refractivity contribution in [3.63, 3.8) is 0 Å². The highest BCUT2D eigenvalue weighted by molar-refractivity contribution is 9.10. The molecule has 0 aliphatic rings. The lowest BCUT2D eigenvalue weighted by molar-refractivity contribution is -0.123. The Bertz CT molecular complexity index is 698. The molecule has 2 rings (SSSR count). The summed E-state index contributed by atoms with van der Waals surface area (Å²) in [6.07, 6.45) is 0.0502. The molecule has 0 bridgehead atoms. The van der Waals surface area contributed by atoms with Crippen molar-refractivity contribution in [3.05, 3.63) is 64.1 Å². The molecule has 1 amide bonds. The molecule has 0 aromatic heterocycles. The number of carbonyl (C=O) groups excluding carboxylic acids is 2. The SMILES string of the molecule is CCc1ccc(NC(=O)[C@H](C)OC(=O)c2ccccc2Br)cc1. The molecule has 1 N–H and O–H groups in total. The fourth-order valence-corrected chi connectivity index (χ4v) is 2.42. The number of nitrogens with one attached hydrogen (secondary N) is 1. The van der Waals surface area contributed by atoms with E-state index in [2.05, 4.69) is 28.2 Å². The molecule has 0 aliphatic heterocycles. The molecule has 120 valence electrons. The number of esters is 1. The van der Waals surface area contributed by atoms with Gasteiger partial charge in [-0.25, -0.2) is 4.79 Å². The zero-order chi connectivity index (χ0) is 16.8. The van der Waals surface area contributed by atoms with Crippen LogP contribution < -0.4 is 5.32 Å². The van der Waals surface area contributed by atoms with Crippen molar-refractivity contribution in [2.24, 2.45) is 0 Å². The van der Waals surface area contributed by atoms with Gasteiger partial charge in [0.15, 0.2) is 6.10 Å². The lowest BCUT2D eigenvalue weighted by Gasteiger charge is -2.14. The van der Waals surface area contributed by atoms with Crippen molar-refractivity contribution >= 4 is 33.5 Å². The summed E-state index contributed by atoms with van der Waals surface area (Å²) in [5.41, 5.74) is 2.26. The summed E-state index contributed by atoms with van der Waals surface area (Å²) < 4.78 is 5.85. The number of rotatable bonds is 5. The quantitative estimate of drug-likeness (QED) is 0.796. The highest BCUT2D eigenvalue weighted by Crippen LogP contribution is 2.18. The number of benzene rings is 2. The summed E-state index contributed by atoms with van der Waals surface area (Å²) in [7, 11) is 0. The third-order valence-electron chi connectivity index (χ3n) is 3.38. The standard InChI is InChI=1S/C18H18BrNO3/c1-3-13-8-10-14(11-9-13)20-17(21)12(2)23-18(22)15-6-4-5-7-16(15)19/h4-12H,3H2,1-2H3,(H,20,21)/t12-/m0/s1. The minimum absolute atomic E-state index is 0.366. The molecular formula is C18H18BrNO3. The zero-order valence-corrected chi connectivity index (χ0v) is 14.6. The average molecular weight is 376 g/mol. The van der Waals surface area contributed by atoms with Gasteiger partial charge in [-0.3, -0.25) is 4.79 Å². The van der Waals surface area contributed by atoms with Crippen LogP contribution >= 0.6 is 15.9 Å². The van der Waals surface area contributed by atoms with Crippen LogP contribution in [-0.2, 0) is 16.0 Å². The van der Waals surface area contributed by atoms with E-state index in [9.17, 15) is 9.59 Å². The number of halogens is 1. The topological polar surface area (TPSA) is 55.4 Å². The molecular weight excluding hydrogens is 358 g/mol. The fourth-order valence-electron chi connectivity index (χ4n) is 1.97. The highest BCUT2D eigenvalue weighted by Gasteiger charge is 2.20. The maximum absolute atomic E-state index is 12.1. The Morgan fingerprint density at radius 1 is 1.13 bits per heavy atom. The molecule has 0 unspecified atom stereocenters. The second-order valence-electron chi connectivity index (χ2n) is 5.07. The van der Waals surface area contributed by atoms with Gasteiger partial charge in [-0.15, -0.1) is 0 Å². The predicted octanol–water partition coefficient (Wildman–Crippen LogP) is 4.20. The lowest BCUT2D eigenvalue weighted by atomic mass is 10.1. The summed E-state index contributed by atoms with van der Waals surface area (Å²) in [6.45, 7) is 3.61. The largest absolute Gasteiger partial charge is 0.449 e. The number of anilines is 1. The molecule has 5 heteroatoms.